The molecule has 0 aliphatic rings. The first-order valence-corrected chi connectivity index (χ1v) is 6.03. The van der Waals surface area contributed by atoms with Gasteiger partial charge in [-0.25, -0.2) is 0 Å². The molecule has 0 aliphatic heterocycles. The average Bonchev–Trinajstić information content (AvgIpc) is 2.12. The van der Waals surface area contributed by atoms with Gasteiger partial charge in [-0.1, -0.05) is 0 Å². The topological polar surface area (TPSA) is 21.3 Å². The van der Waals surface area contributed by atoms with Gasteiger partial charge in [0.15, 0.2) is 0 Å². The Hall–Kier alpha value is 0.230. The summed E-state index contributed by atoms with van der Waals surface area (Å²) >= 11 is 6.97. The van der Waals surface area contributed by atoms with E-state index in [2.05, 4.69) is 49.3 Å². The first-order valence-electron chi connectivity index (χ1n) is 4.44. The molecule has 0 bridgehead atoms. The summed E-state index contributed by atoms with van der Waals surface area (Å²) in [5.41, 5.74) is 1.22. The van der Waals surface area contributed by atoms with E-state index in [1.54, 1.807) is 0 Å². The Morgan fingerprint density at radius 2 is 1.80 bits per heavy atom. The Kier molecular flexibility index (Phi) is 7.61. The molecule has 15 heavy (non-hydrogen) atoms. The fraction of sp³-hybridized carbons (Fsp3) is 0.400. The van der Waals surface area contributed by atoms with Gasteiger partial charge in [-0.05, 0) is 63.5 Å². The largest absolute Gasteiger partial charge is 0.492 e. The lowest BCUT2D eigenvalue weighted by molar-refractivity contribution is 0.336. The van der Waals surface area contributed by atoms with Crippen LogP contribution in [0.4, 0.5) is 0 Å². The molecule has 0 atom stereocenters. The molecule has 0 saturated heterocycles. The Balaban J connectivity index is 0.00000196. The summed E-state index contributed by atoms with van der Waals surface area (Å²) in [4.78, 5) is 0. The second kappa shape index (κ2) is 7.49. The quantitative estimate of drug-likeness (QED) is 0.884. The van der Waals surface area contributed by atoms with Crippen molar-refractivity contribution >= 4 is 44.3 Å². The van der Waals surface area contributed by atoms with E-state index < -0.39 is 0 Å². The van der Waals surface area contributed by atoms with Gasteiger partial charge in [-0.3, -0.25) is 0 Å². The number of hydrogen-bond donors (Lipinski definition) is 1. The smallest absolute Gasteiger partial charge is 0.147 e. The van der Waals surface area contributed by atoms with E-state index in [1.807, 2.05) is 14.0 Å². The molecular formula is C10H14Br2ClNO. The minimum Gasteiger partial charge on any atom is -0.492 e. The zero-order valence-corrected chi connectivity index (χ0v) is 12.6. The van der Waals surface area contributed by atoms with Gasteiger partial charge in [0.05, 0.1) is 15.6 Å². The van der Waals surface area contributed by atoms with E-state index in [4.69, 9.17) is 4.74 Å². The lowest BCUT2D eigenvalue weighted by Gasteiger charge is -2.10. The van der Waals surface area contributed by atoms with Gasteiger partial charge in [-0.15, -0.1) is 12.4 Å². The Morgan fingerprint density at radius 3 is 2.20 bits per heavy atom. The lowest BCUT2D eigenvalue weighted by Crippen LogP contribution is -2.05. The maximum atomic E-state index is 5.49. The minimum atomic E-state index is 0. The molecule has 0 spiro atoms. The molecule has 0 saturated carbocycles. The second-order valence-electron chi connectivity index (χ2n) is 2.85. The van der Waals surface area contributed by atoms with Crippen molar-refractivity contribution in [2.45, 2.75) is 13.5 Å². The lowest BCUT2D eigenvalue weighted by atomic mass is 10.2. The minimum absolute atomic E-state index is 0. The fourth-order valence-corrected chi connectivity index (χ4v) is 2.71. The standard InChI is InChI=1S/C10H13Br2NO.ClH/c1-3-14-10-8(11)4-7(6-13-2)5-9(10)12;/h4-5,13H,3,6H2,1-2H3;1H. The summed E-state index contributed by atoms with van der Waals surface area (Å²) in [6.07, 6.45) is 0. The molecule has 1 aromatic rings. The van der Waals surface area contributed by atoms with Crippen LogP contribution >= 0.6 is 44.3 Å². The molecule has 0 aliphatic carbocycles. The van der Waals surface area contributed by atoms with Gasteiger partial charge in [0, 0.05) is 6.54 Å². The van der Waals surface area contributed by atoms with E-state index in [0.29, 0.717) is 6.61 Å². The van der Waals surface area contributed by atoms with Gasteiger partial charge < -0.3 is 10.1 Å². The normalized spacial score (nSPS) is 9.60. The van der Waals surface area contributed by atoms with Crippen LogP contribution in [0.15, 0.2) is 21.1 Å². The molecule has 0 radical (unpaired) electrons. The van der Waals surface area contributed by atoms with Gasteiger partial charge in [0.2, 0.25) is 0 Å². The molecule has 86 valence electrons. The first kappa shape index (κ1) is 15.2. The molecule has 0 fully saturated rings. The second-order valence-corrected chi connectivity index (χ2v) is 4.56. The monoisotopic (exact) mass is 357 g/mol. The van der Waals surface area contributed by atoms with Crippen molar-refractivity contribution < 1.29 is 4.74 Å². The zero-order valence-electron chi connectivity index (χ0n) is 8.64. The molecular weight excluding hydrogens is 345 g/mol. The third-order valence-electron chi connectivity index (χ3n) is 1.73. The third kappa shape index (κ3) is 4.31. The van der Waals surface area contributed by atoms with Crippen LogP contribution in [0.3, 0.4) is 0 Å². The van der Waals surface area contributed by atoms with E-state index in [-0.39, 0.29) is 12.4 Å². The van der Waals surface area contributed by atoms with Crippen molar-refractivity contribution in [3.8, 4) is 5.75 Å². The highest BCUT2D eigenvalue weighted by Crippen LogP contribution is 2.34. The molecule has 1 N–H and O–H groups in total. The van der Waals surface area contributed by atoms with E-state index >= 15 is 0 Å². The van der Waals surface area contributed by atoms with Crippen LogP contribution < -0.4 is 10.1 Å². The number of rotatable bonds is 4. The molecule has 0 aromatic heterocycles. The van der Waals surface area contributed by atoms with Crippen molar-refractivity contribution in [2.24, 2.45) is 0 Å². The Labute approximate surface area is 113 Å². The van der Waals surface area contributed by atoms with Crippen LogP contribution in [0, 0.1) is 0 Å². The number of benzene rings is 1. The van der Waals surface area contributed by atoms with Crippen LogP contribution in [0.2, 0.25) is 0 Å². The highest BCUT2D eigenvalue weighted by atomic mass is 79.9. The van der Waals surface area contributed by atoms with Gasteiger partial charge in [0.25, 0.3) is 0 Å². The molecule has 5 heteroatoms. The molecule has 1 aromatic carbocycles. The highest BCUT2D eigenvalue weighted by molar-refractivity contribution is 9.11. The van der Waals surface area contributed by atoms with Crippen LogP contribution in [-0.4, -0.2) is 13.7 Å². The summed E-state index contributed by atoms with van der Waals surface area (Å²) in [7, 11) is 1.93. The van der Waals surface area contributed by atoms with Crippen molar-refractivity contribution in [3.63, 3.8) is 0 Å². The molecule has 1 rings (SSSR count). The highest BCUT2D eigenvalue weighted by Gasteiger charge is 2.07. The number of hydrogen-bond acceptors (Lipinski definition) is 2. The van der Waals surface area contributed by atoms with Crippen LogP contribution in [-0.2, 0) is 6.54 Å². The predicted octanol–water partition coefficient (Wildman–Crippen LogP) is 3.75. The maximum Gasteiger partial charge on any atom is 0.147 e. The maximum absolute atomic E-state index is 5.49. The van der Waals surface area contributed by atoms with Crippen molar-refractivity contribution in [1.29, 1.82) is 0 Å². The number of ether oxygens (including phenoxy) is 1. The number of halogens is 3. The molecule has 0 amide bonds. The van der Waals surface area contributed by atoms with E-state index in [1.165, 1.54) is 5.56 Å². The summed E-state index contributed by atoms with van der Waals surface area (Å²) in [5, 5.41) is 3.11. The SMILES string of the molecule is CCOc1c(Br)cc(CNC)cc1Br.Cl. The van der Waals surface area contributed by atoms with Crippen LogP contribution in [0.25, 0.3) is 0 Å². The van der Waals surface area contributed by atoms with E-state index in [0.717, 1.165) is 21.2 Å². The Bertz CT molecular complexity index is 297. The first-order chi connectivity index (χ1) is 6.69. The fourth-order valence-electron chi connectivity index (χ4n) is 1.20. The Morgan fingerprint density at radius 1 is 1.27 bits per heavy atom. The van der Waals surface area contributed by atoms with Crippen molar-refractivity contribution in [3.05, 3.63) is 26.6 Å². The average molecular weight is 359 g/mol. The van der Waals surface area contributed by atoms with Crippen LogP contribution in [0.5, 0.6) is 5.75 Å². The van der Waals surface area contributed by atoms with E-state index in [9.17, 15) is 0 Å². The molecule has 0 unspecified atom stereocenters. The third-order valence-corrected chi connectivity index (χ3v) is 2.91. The van der Waals surface area contributed by atoms with Gasteiger partial charge >= 0.3 is 0 Å². The summed E-state index contributed by atoms with van der Waals surface area (Å²) in [6.45, 7) is 3.49. The molecule has 2 nitrogen and oxygen atoms in total. The number of nitrogens with one attached hydrogen (secondary N) is 1. The van der Waals surface area contributed by atoms with Crippen LogP contribution in [0.1, 0.15) is 12.5 Å². The summed E-state index contributed by atoms with van der Waals surface area (Å²) < 4.78 is 7.46. The van der Waals surface area contributed by atoms with Crippen molar-refractivity contribution in [2.75, 3.05) is 13.7 Å². The zero-order chi connectivity index (χ0) is 10.6. The van der Waals surface area contributed by atoms with Crippen molar-refractivity contribution in [1.82, 2.24) is 5.32 Å². The summed E-state index contributed by atoms with van der Waals surface area (Å²) in [6, 6.07) is 4.12. The van der Waals surface area contributed by atoms with Gasteiger partial charge in [0.1, 0.15) is 5.75 Å². The predicted molar refractivity (Wildman–Crippen MR) is 73.0 cm³/mol. The molecule has 0 heterocycles. The van der Waals surface area contributed by atoms with Gasteiger partial charge in [-0.2, -0.15) is 0 Å². The summed E-state index contributed by atoms with van der Waals surface area (Å²) in [5.74, 6) is 0.868.